The Balaban J connectivity index is 2.38. The average Bonchev–Trinajstić information content (AvgIpc) is 2.39. The molecule has 0 aliphatic rings. The Morgan fingerprint density at radius 2 is 1.60 bits per heavy atom. The molecule has 102 valence electrons. The van der Waals surface area contributed by atoms with Crippen LogP contribution >= 0.6 is 0 Å². The molecule has 0 heterocycles. The van der Waals surface area contributed by atoms with Crippen molar-refractivity contribution >= 4 is 18.7 Å². The smallest absolute Gasteiger partial charge is 0.123 e. The standard InChI is InChI=1S/C16H14O4/c1-10-7-16(20)12(9-15(10)19)4-2-3-11-8-13(17)5-6-14(11)18/h2-9,17-20H,1H2/b3-2+,12-4-. The van der Waals surface area contributed by atoms with E-state index >= 15 is 0 Å². The summed E-state index contributed by atoms with van der Waals surface area (Å²) in [6.45, 7) is 3.57. The van der Waals surface area contributed by atoms with Gasteiger partial charge in [0.15, 0.2) is 0 Å². The lowest BCUT2D eigenvalue weighted by molar-refractivity contribution is 0.453. The number of phenolic OH excluding ortho intramolecular Hbond substituents is 4. The van der Waals surface area contributed by atoms with Gasteiger partial charge in [-0.25, -0.2) is 0 Å². The van der Waals surface area contributed by atoms with Gasteiger partial charge >= 0.3 is 0 Å². The Morgan fingerprint density at radius 3 is 2.35 bits per heavy atom. The highest BCUT2D eigenvalue weighted by molar-refractivity contribution is 5.64. The summed E-state index contributed by atoms with van der Waals surface area (Å²) in [7, 11) is 0. The zero-order chi connectivity index (χ0) is 14.7. The fourth-order valence-corrected chi connectivity index (χ4v) is 1.70. The highest BCUT2D eigenvalue weighted by Crippen LogP contribution is 2.23. The Labute approximate surface area is 115 Å². The summed E-state index contributed by atoms with van der Waals surface area (Å²) in [4.78, 5) is 0. The van der Waals surface area contributed by atoms with E-state index in [4.69, 9.17) is 0 Å². The molecule has 0 spiro atoms. The van der Waals surface area contributed by atoms with E-state index in [9.17, 15) is 20.4 Å². The van der Waals surface area contributed by atoms with Gasteiger partial charge in [0.05, 0.1) is 0 Å². The van der Waals surface area contributed by atoms with Gasteiger partial charge in [0.25, 0.3) is 0 Å². The van der Waals surface area contributed by atoms with Crippen LogP contribution in [0, 0.1) is 0 Å². The van der Waals surface area contributed by atoms with Crippen LogP contribution in [0.5, 0.6) is 23.0 Å². The molecule has 2 aromatic carbocycles. The van der Waals surface area contributed by atoms with Crippen molar-refractivity contribution in [3.05, 3.63) is 52.4 Å². The number of aromatic hydroxyl groups is 4. The number of benzene rings is 2. The molecule has 0 bridgehead atoms. The van der Waals surface area contributed by atoms with Crippen LogP contribution in [0.25, 0.3) is 18.7 Å². The molecule has 0 aliphatic heterocycles. The minimum atomic E-state index is -0.0114. The third-order valence-electron chi connectivity index (χ3n) is 2.79. The molecule has 0 unspecified atom stereocenters. The predicted octanol–water partition coefficient (Wildman–Crippen LogP) is 1.41. The lowest BCUT2D eigenvalue weighted by Crippen LogP contribution is -2.07. The molecule has 0 saturated heterocycles. The maximum Gasteiger partial charge on any atom is 0.123 e. The van der Waals surface area contributed by atoms with Crippen molar-refractivity contribution in [1.29, 1.82) is 0 Å². The zero-order valence-electron chi connectivity index (χ0n) is 10.6. The van der Waals surface area contributed by atoms with E-state index in [-0.39, 0.29) is 23.0 Å². The molecule has 0 aromatic heterocycles. The third-order valence-corrected chi connectivity index (χ3v) is 2.79. The van der Waals surface area contributed by atoms with E-state index in [1.54, 1.807) is 18.2 Å². The third kappa shape index (κ3) is 2.92. The van der Waals surface area contributed by atoms with Gasteiger partial charge in [-0.3, -0.25) is 0 Å². The molecule has 4 heteroatoms. The first-order valence-electron chi connectivity index (χ1n) is 5.88. The van der Waals surface area contributed by atoms with E-state index < -0.39 is 0 Å². The van der Waals surface area contributed by atoms with Crippen LogP contribution < -0.4 is 10.4 Å². The Hall–Kier alpha value is -2.88. The van der Waals surface area contributed by atoms with Crippen molar-refractivity contribution in [2.75, 3.05) is 0 Å². The van der Waals surface area contributed by atoms with Crippen LogP contribution in [0.1, 0.15) is 5.56 Å². The molecular weight excluding hydrogens is 256 g/mol. The van der Waals surface area contributed by atoms with E-state index in [0.717, 1.165) is 0 Å². The first-order valence-corrected chi connectivity index (χ1v) is 5.88. The quantitative estimate of drug-likeness (QED) is 0.622. The molecule has 2 aromatic rings. The number of rotatable bonds is 2. The van der Waals surface area contributed by atoms with Crippen LogP contribution in [-0.2, 0) is 0 Å². The summed E-state index contributed by atoms with van der Waals surface area (Å²) >= 11 is 0. The molecule has 0 aliphatic carbocycles. The predicted molar refractivity (Wildman–Crippen MR) is 77.8 cm³/mol. The highest BCUT2D eigenvalue weighted by Gasteiger charge is 1.98. The molecule has 0 radical (unpaired) electrons. The summed E-state index contributed by atoms with van der Waals surface area (Å²) in [6, 6.07) is 6.93. The summed E-state index contributed by atoms with van der Waals surface area (Å²) in [5.41, 5.74) is 0.443. The average molecular weight is 270 g/mol. The molecular formula is C16H14O4. The van der Waals surface area contributed by atoms with Crippen LogP contribution in [0.2, 0.25) is 0 Å². The van der Waals surface area contributed by atoms with Crippen molar-refractivity contribution in [3.63, 3.8) is 0 Å². The lowest BCUT2D eigenvalue weighted by atomic mass is 10.1. The fourth-order valence-electron chi connectivity index (χ4n) is 1.70. The number of hydrogen-bond donors (Lipinski definition) is 4. The molecule has 2 rings (SSSR count). The van der Waals surface area contributed by atoms with E-state index in [2.05, 4.69) is 6.58 Å². The van der Waals surface area contributed by atoms with Crippen molar-refractivity contribution < 1.29 is 20.4 Å². The molecule has 4 N–H and O–H groups in total. The van der Waals surface area contributed by atoms with Crippen molar-refractivity contribution in [2.45, 2.75) is 0 Å². The minimum absolute atomic E-state index is 0.00224. The monoisotopic (exact) mass is 270 g/mol. The second kappa shape index (κ2) is 5.40. The second-order valence-corrected chi connectivity index (χ2v) is 4.31. The molecule has 0 atom stereocenters. The molecule has 0 fully saturated rings. The molecule has 4 nitrogen and oxygen atoms in total. The van der Waals surface area contributed by atoms with E-state index in [0.29, 0.717) is 16.0 Å². The topological polar surface area (TPSA) is 80.9 Å². The molecule has 0 amide bonds. The van der Waals surface area contributed by atoms with Crippen LogP contribution in [-0.4, -0.2) is 20.4 Å². The highest BCUT2D eigenvalue weighted by atomic mass is 16.3. The van der Waals surface area contributed by atoms with Gasteiger partial charge in [-0.2, -0.15) is 0 Å². The summed E-state index contributed by atoms with van der Waals surface area (Å²) in [5, 5.41) is 38.9. The van der Waals surface area contributed by atoms with Crippen LogP contribution in [0.4, 0.5) is 0 Å². The van der Waals surface area contributed by atoms with Gasteiger partial charge in [0.2, 0.25) is 0 Å². The Kier molecular flexibility index (Phi) is 3.66. The first-order chi connectivity index (χ1) is 9.47. The lowest BCUT2D eigenvalue weighted by Gasteiger charge is -1.99. The van der Waals surface area contributed by atoms with Crippen molar-refractivity contribution in [3.8, 4) is 23.0 Å². The normalized spacial score (nSPS) is 12.1. The maximum absolute atomic E-state index is 9.71. The SMILES string of the molecule is C=c1cc(O)/c(=C\C=C\c2cc(O)ccc2O)cc1O. The van der Waals surface area contributed by atoms with Crippen LogP contribution in [0.3, 0.4) is 0 Å². The Morgan fingerprint density at radius 1 is 0.850 bits per heavy atom. The summed E-state index contributed by atoms with van der Waals surface area (Å²) < 4.78 is 0. The fraction of sp³-hybridized carbons (Fsp3) is 0. The maximum atomic E-state index is 9.71. The van der Waals surface area contributed by atoms with Crippen molar-refractivity contribution in [2.24, 2.45) is 0 Å². The van der Waals surface area contributed by atoms with Gasteiger partial charge in [0.1, 0.15) is 23.0 Å². The van der Waals surface area contributed by atoms with Gasteiger partial charge < -0.3 is 20.4 Å². The van der Waals surface area contributed by atoms with Gasteiger partial charge in [-0.05, 0) is 30.3 Å². The molecule has 0 saturated carbocycles. The van der Waals surface area contributed by atoms with E-state index in [1.165, 1.54) is 30.3 Å². The first kappa shape index (κ1) is 13.5. The van der Waals surface area contributed by atoms with E-state index in [1.807, 2.05) is 0 Å². The van der Waals surface area contributed by atoms with Gasteiger partial charge in [-0.1, -0.05) is 24.8 Å². The number of allylic oxidation sites excluding steroid dienone is 1. The van der Waals surface area contributed by atoms with Gasteiger partial charge in [-0.15, -0.1) is 0 Å². The van der Waals surface area contributed by atoms with Crippen LogP contribution in [0.15, 0.2) is 36.4 Å². The summed E-state index contributed by atoms with van der Waals surface area (Å²) in [5.74, 6) is 0.0669. The zero-order valence-corrected chi connectivity index (χ0v) is 10.6. The Bertz CT molecular complexity index is 776. The number of phenols is 4. The summed E-state index contributed by atoms with van der Waals surface area (Å²) in [6.07, 6.45) is 4.73. The van der Waals surface area contributed by atoms with Gasteiger partial charge in [0, 0.05) is 16.0 Å². The minimum Gasteiger partial charge on any atom is -0.508 e. The molecule has 20 heavy (non-hydrogen) atoms. The second-order valence-electron chi connectivity index (χ2n) is 4.31. The largest absolute Gasteiger partial charge is 0.508 e. The van der Waals surface area contributed by atoms with Crippen molar-refractivity contribution in [1.82, 2.24) is 0 Å². The number of hydrogen-bond acceptors (Lipinski definition) is 4.